The molecule has 6 heteroatoms. The van der Waals surface area contributed by atoms with Crippen LogP contribution >= 0.6 is 12.2 Å². The topological polar surface area (TPSA) is 64.3 Å². The first-order valence-corrected chi connectivity index (χ1v) is 5.95. The normalized spacial score (nSPS) is 9.89. The van der Waals surface area contributed by atoms with Crippen LogP contribution in [0.25, 0.3) is 0 Å². The minimum atomic E-state index is -0.561. The lowest BCUT2D eigenvalue weighted by atomic mass is 10.2. The van der Waals surface area contributed by atoms with Crippen LogP contribution in [0, 0.1) is 5.82 Å². The van der Waals surface area contributed by atoms with Gasteiger partial charge in [-0.3, -0.25) is 4.79 Å². The number of benzene rings is 1. The summed E-state index contributed by atoms with van der Waals surface area (Å²) in [5.74, 6) is -0.655. The van der Waals surface area contributed by atoms with E-state index in [-0.39, 0.29) is 28.8 Å². The van der Waals surface area contributed by atoms with Gasteiger partial charge in [-0.05, 0) is 18.6 Å². The molecule has 3 N–H and O–H groups in total. The molecule has 1 amide bonds. The molecule has 0 fully saturated rings. The largest absolute Gasteiger partial charge is 0.483 e. The van der Waals surface area contributed by atoms with Crippen LogP contribution in [-0.4, -0.2) is 24.0 Å². The summed E-state index contributed by atoms with van der Waals surface area (Å²) in [5, 5.41) is 2.64. The quantitative estimate of drug-likeness (QED) is 0.766. The molecule has 98 valence electrons. The Morgan fingerprint density at radius 1 is 1.56 bits per heavy atom. The highest BCUT2D eigenvalue weighted by atomic mass is 32.1. The summed E-state index contributed by atoms with van der Waals surface area (Å²) in [6, 6.07) is 4.22. The second-order valence-electron chi connectivity index (χ2n) is 3.62. The molecular weight excluding hydrogens is 255 g/mol. The number of halogens is 1. The number of thiocarbonyl (C=S) groups is 1. The molecule has 0 radical (unpaired) electrons. The van der Waals surface area contributed by atoms with Gasteiger partial charge in [0.15, 0.2) is 6.61 Å². The monoisotopic (exact) mass is 270 g/mol. The van der Waals surface area contributed by atoms with E-state index >= 15 is 0 Å². The molecular formula is C12H15FN2O2S. The Bertz CT molecular complexity index is 452. The summed E-state index contributed by atoms with van der Waals surface area (Å²) in [5.41, 5.74) is 5.44. The van der Waals surface area contributed by atoms with Crippen LogP contribution in [0.5, 0.6) is 5.75 Å². The lowest BCUT2D eigenvalue weighted by molar-refractivity contribution is -0.123. The molecule has 1 rings (SSSR count). The molecule has 0 saturated carbocycles. The van der Waals surface area contributed by atoms with Gasteiger partial charge >= 0.3 is 0 Å². The predicted octanol–water partition coefficient (Wildman–Crippen LogP) is 1.36. The summed E-state index contributed by atoms with van der Waals surface area (Å²) < 4.78 is 18.7. The molecule has 4 nitrogen and oxygen atoms in total. The molecule has 18 heavy (non-hydrogen) atoms. The van der Waals surface area contributed by atoms with Gasteiger partial charge in [-0.2, -0.15) is 0 Å². The predicted molar refractivity (Wildman–Crippen MR) is 71.1 cm³/mol. The lowest BCUT2D eigenvalue weighted by Crippen LogP contribution is -2.29. The fourth-order valence-corrected chi connectivity index (χ4v) is 1.52. The van der Waals surface area contributed by atoms with Crippen LogP contribution < -0.4 is 15.8 Å². The highest BCUT2D eigenvalue weighted by molar-refractivity contribution is 7.80. The van der Waals surface area contributed by atoms with Crippen molar-refractivity contribution in [2.45, 2.75) is 13.3 Å². The van der Waals surface area contributed by atoms with Gasteiger partial charge in [0.25, 0.3) is 5.91 Å². The number of amides is 1. The summed E-state index contributed by atoms with van der Waals surface area (Å²) in [4.78, 5) is 11.2. The second-order valence-corrected chi connectivity index (χ2v) is 4.06. The summed E-state index contributed by atoms with van der Waals surface area (Å²) in [6.07, 6.45) is 0.837. The summed E-state index contributed by atoms with van der Waals surface area (Å²) in [6.45, 7) is 2.32. The molecule has 1 aromatic rings. The standard InChI is InChI=1S/C12H15FN2O2S/c1-2-6-15-10(16)7-17-9-5-3-4-8(13)11(9)12(14)18/h3-5H,2,6-7H2,1H3,(H2,14,18)(H,15,16). The maximum Gasteiger partial charge on any atom is 0.257 e. The van der Waals surface area contributed by atoms with Crippen molar-refractivity contribution in [1.82, 2.24) is 5.32 Å². The molecule has 0 aromatic heterocycles. The van der Waals surface area contributed by atoms with Gasteiger partial charge in [0.2, 0.25) is 0 Å². The van der Waals surface area contributed by atoms with Gasteiger partial charge in [-0.1, -0.05) is 25.2 Å². The zero-order valence-corrected chi connectivity index (χ0v) is 10.8. The minimum absolute atomic E-state index is 0.0239. The molecule has 0 unspecified atom stereocenters. The van der Waals surface area contributed by atoms with Gasteiger partial charge in [-0.25, -0.2) is 4.39 Å². The third-order valence-corrected chi connectivity index (χ3v) is 2.36. The molecule has 0 aliphatic rings. The minimum Gasteiger partial charge on any atom is -0.483 e. The van der Waals surface area contributed by atoms with E-state index in [1.165, 1.54) is 18.2 Å². The van der Waals surface area contributed by atoms with Gasteiger partial charge < -0.3 is 15.8 Å². The van der Waals surface area contributed by atoms with Gasteiger partial charge in [0, 0.05) is 6.54 Å². The van der Waals surface area contributed by atoms with Crippen molar-refractivity contribution in [3.8, 4) is 5.75 Å². The Hall–Kier alpha value is -1.69. The molecule has 0 bridgehead atoms. The Labute approximate surface area is 110 Å². The van der Waals surface area contributed by atoms with Crippen LogP contribution in [0.1, 0.15) is 18.9 Å². The number of rotatable bonds is 6. The molecule has 0 heterocycles. The Kier molecular flexibility index (Phi) is 5.51. The van der Waals surface area contributed by atoms with Crippen molar-refractivity contribution < 1.29 is 13.9 Å². The van der Waals surface area contributed by atoms with Crippen molar-refractivity contribution in [2.75, 3.05) is 13.2 Å². The highest BCUT2D eigenvalue weighted by Gasteiger charge is 2.13. The average Bonchev–Trinajstić information content (AvgIpc) is 2.33. The molecule has 0 saturated heterocycles. The van der Waals surface area contributed by atoms with Crippen LogP contribution in [0.2, 0.25) is 0 Å². The number of nitrogens with two attached hydrogens (primary N) is 1. The second kappa shape index (κ2) is 6.90. The van der Waals surface area contributed by atoms with E-state index in [4.69, 9.17) is 22.7 Å². The van der Waals surface area contributed by atoms with E-state index in [1.54, 1.807) is 0 Å². The number of hydrogen-bond donors (Lipinski definition) is 2. The van der Waals surface area contributed by atoms with Crippen LogP contribution in [0.15, 0.2) is 18.2 Å². The molecule has 0 atom stereocenters. The Balaban J connectivity index is 2.70. The van der Waals surface area contributed by atoms with E-state index in [2.05, 4.69) is 5.32 Å². The zero-order chi connectivity index (χ0) is 13.5. The van der Waals surface area contributed by atoms with Crippen LogP contribution in [0.4, 0.5) is 4.39 Å². The fraction of sp³-hybridized carbons (Fsp3) is 0.333. The first kappa shape index (κ1) is 14.4. The zero-order valence-electron chi connectivity index (χ0n) is 10.0. The number of nitrogens with one attached hydrogen (secondary N) is 1. The SMILES string of the molecule is CCCNC(=O)COc1cccc(F)c1C(N)=S. The van der Waals surface area contributed by atoms with Gasteiger partial charge in [0.1, 0.15) is 16.6 Å². The van der Waals surface area contributed by atoms with Gasteiger partial charge in [0.05, 0.1) is 5.56 Å². The van der Waals surface area contributed by atoms with Crippen LogP contribution in [0.3, 0.4) is 0 Å². The maximum absolute atomic E-state index is 13.5. The van der Waals surface area contributed by atoms with Crippen molar-refractivity contribution in [1.29, 1.82) is 0 Å². The third-order valence-electron chi connectivity index (χ3n) is 2.15. The van der Waals surface area contributed by atoms with Crippen LogP contribution in [-0.2, 0) is 4.79 Å². The van der Waals surface area contributed by atoms with Gasteiger partial charge in [-0.15, -0.1) is 0 Å². The third kappa shape index (κ3) is 3.96. The fourth-order valence-electron chi connectivity index (χ4n) is 1.32. The number of hydrogen-bond acceptors (Lipinski definition) is 3. The van der Waals surface area contributed by atoms with Crippen molar-refractivity contribution in [2.24, 2.45) is 5.73 Å². The van der Waals surface area contributed by atoms with E-state index in [0.717, 1.165) is 6.42 Å². The van der Waals surface area contributed by atoms with E-state index in [0.29, 0.717) is 6.54 Å². The molecule has 0 spiro atoms. The highest BCUT2D eigenvalue weighted by Crippen LogP contribution is 2.21. The first-order chi connectivity index (χ1) is 8.56. The molecule has 1 aromatic carbocycles. The Morgan fingerprint density at radius 3 is 2.89 bits per heavy atom. The van der Waals surface area contributed by atoms with E-state index < -0.39 is 5.82 Å². The molecule has 0 aliphatic carbocycles. The lowest BCUT2D eigenvalue weighted by Gasteiger charge is -2.11. The summed E-state index contributed by atoms with van der Waals surface area (Å²) in [7, 11) is 0. The first-order valence-electron chi connectivity index (χ1n) is 5.54. The van der Waals surface area contributed by atoms with Crippen molar-refractivity contribution >= 4 is 23.1 Å². The van der Waals surface area contributed by atoms with E-state index in [9.17, 15) is 9.18 Å². The Morgan fingerprint density at radius 2 is 2.28 bits per heavy atom. The number of carbonyl (C=O) groups excluding carboxylic acids is 1. The maximum atomic E-state index is 13.5. The summed E-state index contributed by atoms with van der Waals surface area (Å²) >= 11 is 4.74. The number of ether oxygens (including phenoxy) is 1. The van der Waals surface area contributed by atoms with Crippen molar-refractivity contribution in [3.63, 3.8) is 0 Å². The van der Waals surface area contributed by atoms with E-state index in [1.807, 2.05) is 6.92 Å². The number of carbonyl (C=O) groups is 1. The molecule has 0 aliphatic heterocycles. The smallest absolute Gasteiger partial charge is 0.257 e. The average molecular weight is 270 g/mol. The van der Waals surface area contributed by atoms with Crippen molar-refractivity contribution in [3.05, 3.63) is 29.6 Å².